The van der Waals surface area contributed by atoms with Crippen molar-refractivity contribution in [1.29, 1.82) is 0 Å². The minimum absolute atomic E-state index is 0. The van der Waals surface area contributed by atoms with Crippen LogP contribution in [0.25, 0.3) is 5.65 Å². The smallest absolute Gasteiger partial charge is 0.191 e. The summed E-state index contributed by atoms with van der Waals surface area (Å²) < 4.78 is 4.35. The SMILES string of the molecule is CCNC(=NCc1nnc2ccccn12)NCCCc1nnc(SC)n1C1CCCC1.I. The van der Waals surface area contributed by atoms with Gasteiger partial charge >= 0.3 is 0 Å². The van der Waals surface area contributed by atoms with Crippen molar-refractivity contribution in [2.75, 3.05) is 19.3 Å². The molecule has 1 fully saturated rings. The van der Waals surface area contributed by atoms with Gasteiger partial charge in [-0.25, -0.2) is 4.99 Å². The van der Waals surface area contributed by atoms with Gasteiger partial charge in [0.2, 0.25) is 0 Å². The molecule has 1 saturated carbocycles. The van der Waals surface area contributed by atoms with Crippen LogP contribution >= 0.6 is 35.7 Å². The summed E-state index contributed by atoms with van der Waals surface area (Å²) in [6, 6.07) is 6.44. The standard InChI is InChI=1S/C21H31N9S.HI/c1-3-22-20(24-15-19-27-25-17-11-6-7-14-29(17)19)23-13-8-12-18-26-28-21(31-2)30(18)16-9-4-5-10-16;/h6-7,11,14,16H,3-5,8-10,12-13,15H2,1-2H3,(H2,22,23,24);1H. The molecule has 4 rings (SSSR count). The summed E-state index contributed by atoms with van der Waals surface area (Å²) in [5.74, 6) is 2.72. The Morgan fingerprint density at radius 1 is 1.12 bits per heavy atom. The molecular weight excluding hydrogens is 537 g/mol. The van der Waals surface area contributed by atoms with Gasteiger partial charge in [0.05, 0.1) is 0 Å². The molecule has 0 unspecified atom stereocenters. The van der Waals surface area contributed by atoms with Crippen LogP contribution in [0.5, 0.6) is 0 Å². The number of pyridine rings is 1. The van der Waals surface area contributed by atoms with Crippen LogP contribution in [0, 0.1) is 0 Å². The highest BCUT2D eigenvalue weighted by Gasteiger charge is 2.23. The number of nitrogens with zero attached hydrogens (tertiary/aromatic N) is 7. The Kier molecular flexibility index (Phi) is 9.57. The van der Waals surface area contributed by atoms with E-state index in [1.165, 1.54) is 25.7 Å². The lowest BCUT2D eigenvalue weighted by Crippen LogP contribution is -2.38. The highest BCUT2D eigenvalue weighted by molar-refractivity contribution is 14.0. The Morgan fingerprint density at radius 2 is 1.94 bits per heavy atom. The number of aryl methyl sites for hydroxylation is 1. The van der Waals surface area contributed by atoms with Crippen molar-refractivity contribution in [2.45, 2.75) is 63.2 Å². The summed E-state index contributed by atoms with van der Waals surface area (Å²) in [6.07, 6.45) is 11.0. The van der Waals surface area contributed by atoms with E-state index < -0.39 is 0 Å². The van der Waals surface area contributed by atoms with E-state index in [0.717, 1.165) is 54.3 Å². The van der Waals surface area contributed by atoms with E-state index in [0.29, 0.717) is 12.6 Å². The van der Waals surface area contributed by atoms with Gasteiger partial charge in [-0.05, 0) is 44.6 Å². The van der Waals surface area contributed by atoms with Gasteiger partial charge < -0.3 is 15.2 Å². The van der Waals surface area contributed by atoms with Crippen molar-refractivity contribution < 1.29 is 0 Å². The molecule has 3 heterocycles. The van der Waals surface area contributed by atoms with Crippen molar-refractivity contribution in [1.82, 2.24) is 40.0 Å². The first-order valence-corrected chi connectivity index (χ1v) is 12.3. The fourth-order valence-electron chi connectivity index (χ4n) is 4.09. The van der Waals surface area contributed by atoms with Crippen molar-refractivity contribution in [3.63, 3.8) is 0 Å². The number of aromatic nitrogens is 6. The Labute approximate surface area is 210 Å². The molecule has 0 radical (unpaired) electrons. The first-order chi connectivity index (χ1) is 15.3. The quantitative estimate of drug-likeness (QED) is 0.134. The molecular formula is C21H32IN9S. The second-order valence-corrected chi connectivity index (χ2v) is 8.46. The summed E-state index contributed by atoms with van der Waals surface area (Å²) in [4.78, 5) is 4.68. The Balaban J connectivity index is 0.00000289. The normalized spacial score (nSPS) is 14.6. The van der Waals surface area contributed by atoms with Crippen LogP contribution in [0.15, 0.2) is 34.5 Å². The third-order valence-electron chi connectivity index (χ3n) is 5.58. The second-order valence-electron chi connectivity index (χ2n) is 7.68. The van der Waals surface area contributed by atoms with E-state index in [1.54, 1.807) is 11.8 Å². The number of nitrogens with one attached hydrogen (secondary N) is 2. The maximum Gasteiger partial charge on any atom is 0.191 e. The van der Waals surface area contributed by atoms with Gasteiger partial charge in [0.25, 0.3) is 0 Å². The summed E-state index contributed by atoms with van der Waals surface area (Å²) in [5, 5.41) is 25.1. The molecule has 2 N–H and O–H groups in total. The molecule has 0 saturated heterocycles. The van der Waals surface area contributed by atoms with Gasteiger partial charge in [-0.3, -0.25) is 4.40 Å². The van der Waals surface area contributed by atoms with Gasteiger partial charge in [-0.2, -0.15) is 0 Å². The predicted molar refractivity (Wildman–Crippen MR) is 139 cm³/mol. The third kappa shape index (κ3) is 5.91. The first-order valence-electron chi connectivity index (χ1n) is 11.1. The number of guanidine groups is 1. The molecule has 0 spiro atoms. The van der Waals surface area contributed by atoms with Crippen LogP contribution in [0.4, 0.5) is 0 Å². The fourth-order valence-corrected chi connectivity index (χ4v) is 4.66. The van der Waals surface area contributed by atoms with Crippen molar-refractivity contribution in [3.8, 4) is 0 Å². The topological polar surface area (TPSA) is 97.3 Å². The summed E-state index contributed by atoms with van der Waals surface area (Å²) in [5.41, 5.74) is 0.835. The highest BCUT2D eigenvalue weighted by Crippen LogP contribution is 2.33. The van der Waals surface area contributed by atoms with Crippen LogP contribution in [0.1, 0.15) is 56.7 Å². The molecule has 0 bridgehead atoms. The zero-order chi connectivity index (χ0) is 21.5. The molecule has 0 atom stereocenters. The third-order valence-corrected chi connectivity index (χ3v) is 6.23. The van der Waals surface area contributed by atoms with Gasteiger partial charge in [0.15, 0.2) is 22.6 Å². The molecule has 11 heteroatoms. The molecule has 0 amide bonds. The number of aliphatic imine (C=N–C) groups is 1. The lowest BCUT2D eigenvalue weighted by Gasteiger charge is -2.16. The molecule has 9 nitrogen and oxygen atoms in total. The highest BCUT2D eigenvalue weighted by atomic mass is 127. The summed E-state index contributed by atoms with van der Waals surface area (Å²) >= 11 is 1.69. The average Bonchev–Trinajstić information content (AvgIpc) is 3.54. The Hall–Kier alpha value is -1.89. The van der Waals surface area contributed by atoms with E-state index in [-0.39, 0.29) is 24.0 Å². The molecule has 0 aromatic carbocycles. The van der Waals surface area contributed by atoms with Gasteiger partial charge in [-0.1, -0.05) is 30.7 Å². The number of hydrogen-bond acceptors (Lipinski definition) is 6. The van der Waals surface area contributed by atoms with Gasteiger partial charge in [-0.15, -0.1) is 44.4 Å². The van der Waals surface area contributed by atoms with Gasteiger partial charge in [0.1, 0.15) is 12.4 Å². The first kappa shape index (κ1) is 24.7. The zero-order valence-electron chi connectivity index (χ0n) is 18.7. The Morgan fingerprint density at radius 3 is 2.72 bits per heavy atom. The van der Waals surface area contributed by atoms with E-state index in [9.17, 15) is 0 Å². The lowest BCUT2D eigenvalue weighted by atomic mass is 10.2. The number of fused-ring (bicyclic) bond motifs is 1. The van der Waals surface area contributed by atoms with Crippen molar-refractivity contribution in [3.05, 3.63) is 36.0 Å². The van der Waals surface area contributed by atoms with E-state index in [4.69, 9.17) is 0 Å². The lowest BCUT2D eigenvalue weighted by molar-refractivity contribution is 0.460. The van der Waals surface area contributed by atoms with Crippen molar-refractivity contribution >= 4 is 47.3 Å². The number of thioether (sulfide) groups is 1. The van der Waals surface area contributed by atoms with E-state index >= 15 is 0 Å². The molecule has 3 aromatic rings. The number of halogens is 1. The maximum atomic E-state index is 4.68. The van der Waals surface area contributed by atoms with Crippen LogP contribution in [0.3, 0.4) is 0 Å². The second kappa shape index (κ2) is 12.4. The van der Waals surface area contributed by atoms with Crippen LogP contribution in [-0.4, -0.2) is 54.7 Å². The average molecular weight is 570 g/mol. The largest absolute Gasteiger partial charge is 0.357 e. The van der Waals surface area contributed by atoms with Crippen LogP contribution in [0.2, 0.25) is 0 Å². The van der Waals surface area contributed by atoms with Crippen LogP contribution < -0.4 is 10.6 Å². The summed E-state index contributed by atoms with van der Waals surface area (Å²) in [7, 11) is 0. The number of rotatable bonds is 9. The minimum Gasteiger partial charge on any atom is -0.357 e. The maximum absolute atomic E-state index is 4.68. The fraction of sp³-hybridized carbons (Fsp3) is 0.571. The van der Waals surface area contributed by atoms with Crippen molar-refractivity contribution in [2.24, 2.45) is 4.99 Å². The van der Waals surface area contributed by atoms with Crippen LogP contribution in [-0.2, 0) is 13.0 Å². The van der Waals surface area contributed by atoms with Gasteiger partial charge in [0, 0.05) is 31.7 Å². The number of hydrogen-bond donors (Lipinski definition) is 2. The molecule has 1 aliphatic carbocycles. The predicted octanol–water partition coefficient (Wildman–Crippen LogP) is 3.46. The minimum atomic E-state index is 0. The van der Waals surface area contributed by atoms with E-state index in [1.807, 2.05) is 28.8 Å². The summed E-state index contributed by atoms with van der Waals surface area (Å²) in [6.45, 7) is 4.16. The molecule has 1 aliphatic rings. The Bertz CT molecular complexity index is 1010. The molecule has 0 aliphatic heterocycles. The molecule has 174 valence electrons. The molecule has 3 aromatic heterocycles. The van der Waals surface area contributed by atoms with E-state index in [2.05, 4.69) is 53.8 Å². The monoisotopic (exact) mass is 569 g/mol. The zero-order valence-corrected chi connectivity index (χ0v) is 21.8. The molecule has 32 heavy (non-hydrogen) atoms.